The first-order valence-corrected chi connectivity index (χ1v) is 7.73. The predicted octanol–water partition coefficient (Wildman–Crippen LogP) is 3.61. The molecule has 0 aliphatic carbocycles. The molecule has 0 amide bonds. The van der Waals surface area contributed by atoms with E-state index in [1.807, 2.05) is 54.6 Å². The molecule has 4 heteroatoms. The highest BCUT2D eigenvalue weighted by molar-refractivity contribution is 5.98. The van der Waals surface area contributed by atoms with Gasteiger partial charge in [0.05, 0.1) is 0 Å². The average molecular weight is 322 g/mol. The lowest BCUT2D eigenvalue weighted by molar-refractivity contribution is -0.199. The van der Waals surface area contributed by atoms with E-state index in [1.165, 1.54) is 19.1 Å². The quantitative estimate of drug-likeness (QED) is 0.810. The largest absolute Gasteiger partial charge is 0.432 e. The molecular weight excluding hydrogens is 304 g/mol. The smallest absolute Gasteiger partial charge is 0.305 e. The summed E-state index contributed by atoms with van der Waals surface area (Å²) in [4.78, 5) is 23.5. The van der Waals surface area contributed by atoms with Crippen LogP contribution in [0.5, 0.6) is 0 Å². The van der Waals surface area contributed by atoms with Gasteiger partial charge in [-0.1, -0.05) is 54.6 Å². The zero-order valence-corrected chi connectivity index (χ0v) is 13.6. The Balaban J connectivity index is 1.88. The summed E-state index contributed by atoms with van der Waals surface area (Å²) in [5.41, 5.74) is 1.69. The van der Waals surface area contributed by atoms with Crippen molar-refractivity contribution in [1.29, 1.82) is 0 Å². The summed E-state index contributed by atoms with van der Waals surface area (Å²) in [6.45, 7) is 2.99. The van der Waals surface area contributed by atoms with Crippen LogP contribution >= 0.6 is 0 Å². The van der Waals surface area contributed by atoms with Gasteiger partial charge in [-0.25, -0.2) is 0 Å². The third-order valence-electron chi connectivity index (χ3n) is 4.05. The maximum Gasteiger partial charge on any atom is 0.305 e. The first-order valence-electron chi connectivity index (χ1n) is 7.73. The number of hydrogen-bond acceptors (Lipinski definition) is 4. The van der Waals surface area contributed by atoms with Crippen LogP contribution in [0.4, 0.5) is 0 Å². The molecule has 0 saturated carbocycles. The van der Waals surface area contributed by atoms with Gasteiger partial charge in [0.15, 0.2) is 11.4 Å². The lowest BCUT2D eigenvalue weighted by Gasteiger charge is -2.33. The van der Waals surface area contributed by atoms with Gasteiger partial charge in [0.25, 0.3) is 0 Å². The van der Waals surface area contributed by atoms with Crippen molar-refractivity contribution >= 4 is 11.8 Å². The maximum absolute atomic E-state index is 12.4. The Hall–Kier alpha value is -2.72. The van der Waals surface area contributed by atoms with Crippen LogP contribution in [0.2, 0.25) is 0 Å². The van der Waals surface area contributed by atoms with E-state index >= 15 is 0 Å². The summed E-state index contributed by atoms with van der Waals surface area (Å²) in [6.07, 6.45) is 1.99. The summed E-state index contributed by atoms with van der Waals surface area (Å²) in [6, 6.07) is 17.6. The molecule has 122 valence electrons. The fraction of sp³-hybridized carbons (Fsp3) is 0.200. The summed E-state index contributed by atoms with van der Waals surface area (Å²) in [5.74, 6) is -0.640. The monoisotopic (exact) mass is 322 g/mol. The van der Waals surface area contributed by atoms with Gasteiger partial charge in [0, 0.05) is 6.92 Å². The summed E-state index contributed by atoms with van der Waals surface area (Å²) in [7, 11) is 0. The van der Waals surface area contributed by atoms with Gasteiger partial charge in [-0.3, -0.25) is 9.59 Å². The van der Waals surface area contributed by atoms with Gasteiger partial charge in [0.1, 0.15) is 0 Å². The fourth-order valence-corrected chi connectivity index (χ4v) is 2.70. The molecule has 0 spiro atoms. The van der Waals surface area contributed by atoms with E-state index < -0.39 is 17.9 Å². The van der Waals surface area contributed by atoms with Crippen molar-refractivity contribution in [3.63, 3.8) is 0 Å². The zero-order valence-electron chi connectivity index (χ0n) is 13.6. The van der Waals surface area contributed by atoms with Crippen LogP contribution in [0, 0.1) is 0 Å². The molecule has 0 radical (unpaired) electrons. The number of carbonyl (C=O) groups excluding carboxylic acids is 2. The van der Waals surface area contributed by atoms with Crippen LogP contribution in [0.1, 0.15) is 19.4 Å². The summed E-state index contributed by atoms with van der Waals surface area (Å²) in [5, 5.41) is 0. The Morgan fingerprint density at radius 3 is 2.29 bits per heavy atom. The van der Waals surface area contributed by atoms with E-state index in [4.69, 9.17) is 9.47 Å². The van der Waals surface area contributed by atoms with Gasteiger partial charge in [-0.15, -0.1) is 0 Å². The minimum atomic E-state index is -1.18. The molecule has 2 atom stereocenters. The van der Waals surface area contributed by atoms with Gasteiger partial charge >= 0.3 is 5.97 Å². The molecule has 2 aromatic carbocycles. The highest BCUT2D eigenvalue weighted by Crippen LogP contribution is 2.33. The van der Waals surface area contributed by atoms with Crippen LogP contribution in [-0.2, 0) is 24.7 Å². The Labute approximate surface area is 140 Å². The fourth-order valence-electron chi connectivity index (χ4n) is 2.70. The normalized spacial score (nSPS) is 23.1. The zero-order chi connectivity index (χ0) is 17.2. The molecule has 2 aromatic rings. The lowest BCUT2D eigenvalue weighted by atomic mass is 9.88. The second-order valence-corrected chi connectivity index (χ2v) is 5.80. The molecule has 1 heterocycles. The Kier molecular flexibility index (Phi) is 4.32. The highest BCUT2D eigenvalue weighted by Gasteiger charge is 2.40. The average Bonchev–Trinajstić information content (AvgIpc) is 2.59. The second-order valence-electron chi connectivity index (χ2n) is 5.80. The molecule has 0 N–H and O–H groups in total. The number of ketones is 1. The van der Waals surface area contributed by atoms with Gasteiger partial charge in [0.2, 0.25) is 6.29 Å². The molecule has 3 rings (SSSR count). The van der Waals surface area contributed by atoms with Crippen LogP contribution in [0.3, 0.4) is 0 Å². The highest BCUT2D eigenvalue weighted by atomic mass is 16.7. The van der Waals surface area contributed by atoms with E-state index in [2.05, 4.69) is 0 Å². The van der Waals surface area contributed by atoms with E-state index in [0.29, 0.717) is 5.56 Å². The number of carbonyl (C=O) groups is 2. The SMILES string of the molecule is CC(=O)OC1C=CC(=O)C(C)(c2ccc(-c3ccccc3)cc2)O1. The molecule has 0 saturated heterocycles. The molecule has 0 bridgehead atoms. The number of rotatable bonds is 3. The Bertz CT molecular complexity index is 777. The lowest BCUT2D eigenvalue weighted by Crippen LogP contribution is -2.42. The van der Waals surface area contributed by atoms with Crippen molar-refractivity contribution in [3.8, 4) is 11.1 Å². The third-order valence-corrected chi connectivity index (χ3v) is 4.05. The van der Waals surface area contributed by atoms with E-state index in [9.17, 15) is 9.59 Å². The predicted molar refractivity (Wildman–Crippen MR) is 90.0 cm³/mol. The molecular formula is C20H18O4. The minimum Gasteiger partial charge on any atom is -0.432 e. The van der Waals surface area contributed by atoms with Crippen LogP contribution in [0.15, 0.2) is 66.7 Å². The van der Waals surface area contributed by atoms with E-state index in [0.717, 1.165) is 11.1 Å². The van der Waals surface area contributed by atoms with Crippen molar-refractivity contribution in [2.24, 2.45) is 0 Å². The summed E-state index contributed by atoms with van der Waals surface area (Å²) < 4.78 is 10.8. The standard InChI is InChI=1S/C20H18O4/c1-14(21)23-19-13-12-18(22)20(2,24-19)17-10-8-16(9-11-17)15-6-4-3-5-7-15/h3-13,19H,1-2H3. The Morgan fingerprint density at radius 1 is 1.04 bits per heavy atom. The van der Waals surface area contributed by atoms with Gasteiger partial charge in [-0.05, 0) is 35.8 Å². The van der Waals surface area contributed by atoms with E-state index in [-0.39, 0.29) is 5.78 Å². The van der Waals surface area contributed by atoms with Gasteiger partial charge < -0.3 is 9.47 Å². The maximum atomic E-state index is 12.4. The Morgan fingerprint density at radius 2 is 1.67 bits per heavy atom. The van der Waals surface area contributed by atoms with Crippen molar-refractivity contribution < 1.29 is 19.1 Å². The van der Waals surface area contributed by atoms with Crippen molar-refractivity contribution in [3.05, 3.63) is 72.3 Å². The number of ether oxygens (including phenoxy) is 2. The van der Waals surface area contributed by atoms with Crippen molar-refractivity contribution in [2.75, 3.05) is 0 Å². The number of hydrogen-bond donors (Lipinski definition) is 0. The number of esters is 1. The second kappa shape index (κ2) is 6.42. The first kappa shape index (κ1) is 16.1. The summed E-state index contributed by atoms with van der Waals surface area (Å²) >= 11 is 0. The topological polar surface area (TPSA) is 52.6 Å². The molecule has 24 heavy (non-hydrogen) atoms. The number of benzene rings is 2. The molecule has 0 fully saturated rings. The first-order chi connectivity index (χ1) is 11.5. The van der Waals surface area contributed by atoms with Crippen molar-refractivity contribution in [2.45, 2.75) is 25.7 Å². The molecule has 2 unspecified atom stereocenters. The molecule has 0 aromatic heterocycles. The third kappa shape index (κ3) is 3.14. The molecule has 4 nitrogen and oxygen atoms in total. The van der Waals surface area contributed by atoms with Crippen LogP contribution in [-0.4, -0.2) is 18.0 Å². The van der Waals surface area contributed by atoms with Gasteiger partial charge in [-0.2, -0.15) is 0 Å². The van der Waals surface area contributed by atoms with Crippen molar-refractivity contribution in [1.82, 2.24) is 0 Å². The minimum absolute atomic E-state index is 0.182. The van der Waals surface area contributed by atoms with Crippen LogP contribution in [0.25, 0.3) is 11.1 Å². The molecule has 1 aliphatic rings. The van der Waals surface area contributed by atoms with E-state index in [1.54, 1.807) is 6.92 Å². The molecule has 1 aliphatic heterocycles. The van der Waals surface area contributed by atoms with Crippen LogP contribution < -0.4 is 0 Å².